The fraction of sp³-hybridized carbons (Fsp3) is 0.435. The number of aromatic amines is 1. The van der Waals surface area contributed by atoms with Gasteiger partial charge in [-0.15, -0.1) is 11.6 Å². The summed E-state index contributed by atoms with van der Waals surface area (Å²) in [4.78, 5) is 35.1. The minimum atomic E-state index is -0.502. The van der Waals surface area contributed by atoms with Gasteiger partial charge in [0.25, 0.3) is 11.6 Å². The van der Waals surface area contributed by atoms with Crippen molar-refractivity contribution in [2.75, 3.05) is 50.0 Å². The lowest BCUT2D eigenvalue weighted by Gasteiger charge is -2.35. The zero-order valence-electron chi connectivity index (χ0n) is 18.7. The molecule has 4 rings (SSSR count). The lowest BCUT2D eigenvalue weighted by atomic mass is 10.1. The number of likely N-dealkylation sites (tertiary alicyclic amines) is 1. The second-order valence-corrected chi connectivity index (χ2v) is 8.46. The van der Waals surface area contributed by atoms with E-state index in [4.69, 9.17) is 21.3 Å². The van der Waals surface area contributed by atoms with Gasteiger partial charge in [-0.2, -0.15) is 15.3 Å². The van der Waals surface area contributed by atoms with Gasteiger partial charge in [0.2, 0.25) is 5.91 Å². The van der Waals surface area contributed by atoms with Crippen LogP contribution in [0, 0.1) is 11.3 Å². The van der Waals surface area contributed by atoms with Crippen LogP contribution in [0.1, 0.15) is 41.6 Å². The van der Waals surface area contributed by atoms with Gasteiger partial charge < -0.3 is 14.2 Å². The first-order valence-corrected chi connectivity index (χ1v) is 11.7. The van der Waals surface area contributed by atoms with E-state index in [1.54, 1.807) is 18.2 Å². The highest BCUT2D eigenvalue weighted by Gasteiger charge is 2.32. The highest BCUT2D eigenvalue weighted by molar-refractivity contribution is 6.19. The lowest BCUT2D eigenvalue weighted by molar-refractivity contribution is -0.133. The molecule has 2 aromatic rings. The Morgan fingerprint density at radius 3 is 2.85 bits per heavy atom. The van der Waals surface area contributed by atoms with E-state index in [2.05, 4.69) is 26.7 Å². The van der Waals surface area contributed by atoms with Crippen molar-refractivity contribution in [1.29, 1.82) is 5.26 Å². The second-order valence-electron chi connectivity index (χ2n) is 8.15. The molecule has 2 fully saturated rings. The van der Waals surface area contributed by atoms with Crippen LogP contribution >= 0.6 is 11.6 Å². The molecule has 1 unspecified atom stereocenters. The van der Waals surface area contributed by atoms with Gasteiger partial charge in [0.15, 0.2) is 5.76 Å². The van der Waals surface area contributed by atoms with Crippen molar-refractivity contribution in [2.45, 2.75) is 18.9 Å². The summed E-state index contributed by atoms with van der Waals surface area (Å²) in [7, 11) is 0. The van der Waals surface area contributed by atoms with Crippen molar-refractivity contribution in [1.82, 2.24) is 25.0 Å². The summed E-state index contributed by atoms with van der Waals surface area (Å²) in [5, 5.41) is 15.6. The molecule has 34 heavy (non-hydrogen) atoms. The van der Waals surface area contributed by atoms with Crippen LogP contribution in [-0.4, -0.2) is 76.0 Å². The predicted molar refractivity (Wildman–Crippen MR) is 128 cm³/mol. The molecule has 1 N–H and O–H groups in total. The van der Waals surface area contributed by atoms with Crippen LogP contribution in [0.3, 0.4) is 0 Å². The Balaban J connectivity index is 1.36. The zero-order chi connectivity index (χ0) is 24.1. The molecule has 0 saturated carbocycles. The number of nitrogens with zero attached hydrogens (tertiary/aromatic N) is 6. The Bertz CT molecular complexity index is 1170. The second kappa shape index (κ2) is 10.7. The molecule has 0 aliphatic carbocycles. The summed E-state index contributed by atoms with van der Waals surface area (Å²) in [6.07, 6.45) is 6.96. The average molecular weight is 484 g/mol. The molecular weight excluding hydrogens is 458 g/mol. The average Bonchev–Trinajstić information content (AvgIpc) is 3.50. The number of aromatic nitrogens is 3. The largest absolute Gasteiger partial charge is 0.423 e. The third-order valence-corrected chi connectivity index (χ3v) is 6.29. The zero-order valence-corrected chi connectivity index (χ0v) is 19.5. The number of piperazine rings is 1. The minimum Gasteiger partial charge on any atom is -0.423 e. The van der Waals surface area contributed by atoms with Crippen molar-refractivity contribution in [3.63, 3.8) is 0 Å². The highest BCUT2D eigenvalue weighted by Crippen LogP contribution is 2.30. The summed E-state index contributed by atoms with van der Waals surface area (Å²) >= 11 is 5.72. The van der Waals surface area contributed by atoms with Gasteiger partial charge in [-0.1, -0.05) is 12.7 Å². The molecule has 1 amide bonds. The number of carbonyl (C=O) groups is 1. The van der Waals surface area contributed by atoms with Crippen LogP contribution in [0.15, 0.2) is 27.9 Å². The Morgan fingerprint density at radius 1 is 1.35 bits per heavy atom. The maximum atomic E-state index is 13.0. The number of hydrogen-bond donors (Lipinski definition) is 1. The molecule has 0 spiro atoms. The van der Waals surface area contributed by atoms with Gasteiger partial charge in [-0.3, -0.25) is 14.5 Å². The summed E-state index contributed by atoms with van der Waals surface area (Å²) in [6.45, 7) is 7.14. The molecule has 1 atom stereocenters. The van der Waals surface area contributed by atoms with Gasteiger partial charge in [0, 0.05) is 32.1 Å². The van der Waals surface area contributed by atoms with Crippen molar-refractivity contribution in [2.24, 2.45) is 0 Å². The van der Waals surface area contributed by atoms with E-state index >= 15 is 0 Å². The number of rotatable bonds is 7. The van der Waals surface area contributed by atoms with Crippen LogP contribution < -0.4 is 10.5 Å². The number of nitrogens with one attached hydrogen (secondary N) is 1. The Hall–Kier alpha value is -3.42. The SMILES string of the molecule is C=Cc1oc(N2CCN(C(=O)CN3CCCC3c3cc(C#N)c(=O)[nH]n3)CC2)nc1/C=C\CCl. The Labute approximate surface area is 202 Å². The van der Waals surface area contributed by atoms with Crippen LogP contribution in [0.25, 0.3) is 12.2 Å². The molecule has 2 aliphatic heterocycles. The number of nitriles is 1. The number of carbonyl (C=O) groups excluding carboxylic acids is 1. The number of H-pyrrole nitrogens is 1. The molecule has 10 nitrogen and oxygen atoms in total. The number of hydrogen-bond acceptors (Lipinski definition) is 8. The van der Waals surface area contributed by atoms with E-state index in [9.17, 15) is 9.59 Å². The summed E-state index contributed by atoms with van der Waals surface area (Å²) in [5.41, 5.74) is 0.830. The van der Waals surface area contributed by atoms with Crippen molar-refractivity contribution in [3.05, 3.63) is 51.8 Å². The molecule has 4 heterocycles. The molecule has 0 bridgehead atoms. The lowest BCUT2D eigenvalue weighted by Crippen LogP contribution is -2.51. The minimum absolute atomic E-state index is 0.0340. The molecular formula is C23H26ClN7O3. The van der Waals surface area contributed by atoms with E-state index in [0.717, 1.165) is 19.4 Å². The van der Waals surface area contributed by atoms with E-state index in [1.165, 1.54) is 6.07 Å². The standard InChI is InChI=1S/C23H26ClN7O3/c1-2-20-17(5-3-7-24)26-23(34-20)30-11-9-29(10-12-30)21(32)15-31-8-4-6-19(31)18-13-16(14-25)22(33)28-27-18/h2-3,5,13,19H,1,4,6-12,15H2,(H,28,33)/b5-3-. The third-order valence-electron chi connectivity index (χ3n) is 6.11. The Morgan fingerprint density at radius 2 is 2.15 bits per heavy atom. The first-order chi connectivity index (χ1) is 16.5. The normalized spacial score (nSPS) is 19.0. The number of halogens is 1. The summed E-state index contributed by atoms with van der Waals surface area (Å²) < 4.78 is 5.83. The quantitative estimate of drug-likeness (QED) is 0.593. The first-order valence-electron chi connectivity index (χ1n) is 11.2. The van der Waals surface area contributed by atoms with Gasteiger partial charge in [-0.25, -0.2) is 5.10 Å². The van der Waals surface area contributed by atoms with E-state index in [1.807, 2.05) is 15.9 Å². The fourth-order valence-corrected chi connectivity index (χ4v) is 4.42. The number of amides is 1. The van der Waals surface area contributed by atoms with Crippen LogP contribution in [0.5, 0.6) is 0 Å². The summed E-state index contributed by atoms with van der Waals surface area (Å²) in [5.74, 6) is 1.02. The fourth-order valence-electron chi connectivity index (χ4n) is 4.33. The van der Waals surface area contributed by atoms with Gasteiger partial charge >= 0.3 is 0 Å². The van der Waals surface area contributed by atoms with Crippen molar-refractivity contribution in [3.8, 4) is 6.07 Å². The van der Waals surface area contributed by atoms with E-state index < -0.39 is 5.56 Å². The first kappa shape index (κ1) is 23.7. The van der Waals surface area contributed by atoms with Crippen LogP contribution in [0.2, 0.25) is 0 Å². The van der Waals surface area contributed by atoms with E-state index in [-0.39, 0.29) is 24.1 Å². The predicted octanol–water partition coefficient (Wildman–Crippen LogP) is 2.01. The summed E-state index contributed by atoms with van der Waals surface area (Å²) in [6, 6.07) is 3.82. The molecule has 2 saturated heterocycles. The smallest absolute Gasteiger partial charge is 0.298 e. The molecule has 2 aliphatic rings. The number of oxazole rings is 1. The van der Waals surface area contributed by atoms with Crippen LogP contribution in [0.4, 0.5) is 6.01 Å². The van der Waals surface area contributed by atoms with Crippen molar-refractivity contribution < 1.29 is 9.21 Å². The number of allylic oxidation sites excluding steroid dienone is 1. The van der Waals surface area contributed by atoms with Gasteiger partial charge in [-0.05, 0) is 37.6 Å². The molecule has 11 heteroatoms. The van der Waals surface area contributed by atoms with Crippen molar-refractivity contribution >= 4 is 35.7 Å². The van der Waals surface area contributed by atoms with Gasteiger partial charge in [0.1, 0.15) is 17.3 Å². The van der Waals surface area contributed by atoms with E-state index in [0.29, 0.717) is 55.2 Å². The molecule has 2 aromatic heterocycles. The molecule has 0 aromatic carbocycles. The van der Waals surface area contributed by atoms with Gasteiger partial charge in [0.05, 0.1) is 18.3 Å². The van der Waals surface area contributed by atoms with Crippen LogP contribution in [-0.2, 0) is 4.79 Å². The molecule has 0 radical (unpaired) electrons. The third kappa shape index (κ3) is 5.05. The maximum absolute atomic E-state index is 13.0. The molecule has 178 valence electrons. The monoisotopic (exact) mass is 483 g/mol. The topological polar surface area (TPSA) is 122 Å². The Kier molecular flexibility index (Phi) is 7.45. The number of anilines is 1. The maximum Gasteiger partial charge on any atom is 0.298 e. The number of alkyl halides is 1. The highest BCUT2D eigenvalue weighted by atomic mass is 35.5.